The van der Waals surface area contributed by atoms with Crippen molar-refractivity contribution < 1.29 is 28.2 Å². The number of benzene rings is 2. The van der Waals surface area contributed by atoms with Gasteiger partial charge in [-0.2, -0.15) is 0 Å². The highest BCUT2D eigenvalue weighted by atomic mass is 79.9. The maximum absolute atomic E-state index is 12.7. The summed E-state index contributed by atoms with van der Waals surface area (Å²) in [5.74, 6) is 0.521. The number of ether oxygens (including phenoxy) is 3. The Morgan fingerprint density at radius 2 is 1.93 bits per heavy atom. The van der Waals surface area contributed by atoms with Crippen LogP contribution in [-0.4, -0.2) is 18.7 Å². The van der Waals surface area contributed by atoms with Gasteiger partial charge in [0.1, 0.15) is 18.1 Å². The number of carbonyl (C=O) groups is 2. The summed E-state index contributed by atoms with van der Waals surface area (Å²) in [6.07, 6.45) is 3.00. The lowest BCUT2D eigenvalue weighted by Crippen LogP contribution is -2.28. The smallest absolute Gasteiger partial charge is 0.355 e. The van der Waals surface area contributed by atoms with Gasteiger partial charge in [0.2, 0.25) is 6.79 Å². The van der Waals surface area contributed by atoms with Crippen molar-refractivity contribution in [3.8, 4) is 11.5 Å². The Morgan fingerprint density at radius 3 is 2.73 bits per heavy atom. The number of rotatable bonds is 6. The average molecular weight is 470 g/mol. The highest BCUT2D eigenvalue weighted by Crippen LogP contribution is 2.33. The number of carbonyl (C=O) groups excluding carboxylic acids is 2. The molecule has 8 heteroatoms. The second-order valence-electron chi connectivity index (χ2n) is 6.29. The van der Waals surface area contributed by atoms with Crippen molar-refractivity contribution in [2.75, 3.05) is 6.79 Å². The summed E-state index contributed by atoms with van der Waals surface area (Å²) < 4.78 is 21.9. The first-order valence-electron chi connectivity index (χ1n) is 8.96. The Hall–Kier alpha value is -3.52. The molecule has 0 atom stereocenters. The van der Waals surface area contributed by atoms with E-state index in [0.29, 0.717) is 28.4 Å². The number of furan rings is 1. The van der Waals surface area contributed by atoms with Crippen LogP contribution in [0.15, 0.2) is 75.4 Å². The van der Waals surface area contributed by atoms with Gasteiger partial charge in [0.05, 0.1) is 6.26 Å². The maximum atomic E-state index is 12.7. The van der Waals surface area contributed by atoms with Crippen LogP contribution >= 0.6 is 15.9 Å². The SMILES string of the molecule is O=C(OCc1ccco1)/C(=C/c1ccc2c(c1)OCO2)NC(=O)c1cccc(Br)c1. The van der Waals surface area contributed by atoms with Gasteiger partial charge in [0, 0.05) is 10.0 Å². The molecule has 1 aliphatic heterocycles. The number of halogens is 1. The molecule has 1 N–H and O–H groups in total. The van der Waals surface area contributed by atoms with E-state index < -0.39 is 11.9 Å². The van der Waals surface area contributed by atoms with Crippen molar-refractivity contribution in [3.63, 3.8) is 0 Å². The molecule has 30 heavy (non-hydrogen) atoms. The molecule has 0 fully saturated rings. The average Bonchev–Trinajstić information content (AvgIpc) is 3.43. The van der Waals surface area contributed by atoms with Crippen LogP contribution in [0.25, 0.3) is 6.08 Å². The summed E-state index contributed by atoms with van der Waals surface area (Å²) in [5.41, 5.74) is 1.00. The first-order chi connectivity index (χ1) is 14.6. The number of amides is 1. The molecule has 1 aliphatic rings. The Balaban J connectivity index is 1.58. The van der Waals surface area contributed by atoms with Crippen LogP contribution in [0.1, 0.15) is 21.7 Å². The van der Waals surface area contributed by atoms with E-state index >= 15 is 0 Å². The van der Waals surface area contributed by atoms with Gasteiger partial charge in [-0.1, -0.05) is 28.1 Å². The Kier molecular flexibility index (Phi) is 5.85. The zero-order valence-electron chi connectivity index (χ0n) is 15.6. The van der Waals surface area contributed by atoms with E-state index in [-0.39, 0.29) is 19.1 Å². The topological polar surface area (TPSA) is 87.0 Å². The van der Waals surface area contributed by atoms with Crippen LogP contribution < -0.4 is 14.8 Å². The Morgan fingerprint density at radius 1 is 1.07 bits per heavy atom. The molecule has 1 aromatic heterocycles. The number of fused-ring (bicyclic) bond motifs is 1. The quantitative estimate of drug-likeness (QED) is 0.428. The number of esters is 1. The van der Waals surface area contributed by atoms with Gasteiger partial charge in [-0.25, -0.2) is 4.79 Å². The molecule has 2 heterocycles. The van der Waals surface area contributed by atoms with Crippen LogP contribution in [0.4, 0.5) is 0 Å². The van der Waals surface area contributed by atoms with Gasteiger partial charge < -0.3 is 23.9 Å². The monoisotopic (exact) mass is 469 g/mol. The molecule has 7 nitrogen and oxygen atoms in total. The van der Waals surface area contributed by atoms with Gasteiger partial charge >= 0.3 is 5.97 Å². The Bertz CT molecular complexity index is 1110. The lowest BCUT2D eigenvalue weighted by atomic mass is 10.1. The first kappa shape index (κ1) is 19.8. The van der Waals surface area contributed by atoms with E-state index in [0.717, 1.165) is 4.47 Å². The fourth-order valence-corrected chi connectivity index (χ4v) is 3.15. The van der Waals surface area contributed by atoms with Crippen LogP contribution in [0, 0.1) is 0 Å². The van der Waals surface area contributed by atoms with Gasteiger partial charge in [-0.05, 0) is 54.1 Å². The summed E-state index contributed by atoms with van der Waals surface area (Å²) in [4.78, 5) is 25.4. The number of hydrogen-bond acceptors (Lipinski definition) is 6. The van der Waals surface area contributed by atoms with Crippen LogP contribution in [0.2, 0.25) is 0 Å². The normalized spacial score (nSPS) is 12.5. The summed E-state index contributed by atoms with van der Waals surface area (Å²) >= 11 is 3.33. The molecule has 152 valence electrons. The minimum absolute atomic E-state index is 0.0228. The molecule has 1 amide bonds. The molecule has 0 bridgehead atoms. The fourth-order valence-electron chi connectivity index (χ4n) is 2.75. The standard InChI is InChI=1S/C22H16BrNO6/c23-16-4-1-3-15(11-16)21(25)24-18(22(26)28-12-17-5-2-8-27-17)9-14-6-7-19-20(10-14)30-13-29-19/h1-11H,12-13H2,(H,24,25)/b18-9-. The van der Waals surface area contributed by atoms with Crippen molar-refractivity contribution in [2.45, 2.75) is 6.61 Å². The third kappa shape index (κ3) is 4.72. The minimum atomic E-state index is -0.701. The van der Waals surface area contributed by atoms with Crippen molar-refractivity contribution in [2.24, 2.45) is 0 Å². The number of hydrogen-bond donors (Lipinski definition) is 1. The van der Waals surface area contributed by atoms with Gasteiger partial charge in [-0.3, -0.25) is 4.79 Å². The van der Waals surface area contributed by atoms with Crippen molar-refractivity contribution >= 4 is 33.9 Å². The molecular formula is C22H16BrNO6. The molecule has 4 rings (SSSR count). The third-order valence-electron chi connectivity index (χ3n) is 4.19. The lowest BCUT2D eigenvalue weighted by molar-refractivity contribution is -0.141. The largest absolute Gasteiger partial charge is 0.466 e. The second kappa shape index (κ2) is 8.87. The van der Waals surface area contributed by atoms with Crippen molar-refractivity contribution in [1.82, 2.24) is 5.32 Å². The van der Waals surface area contributed by atoms with Gasteiger partial charge in [-0.15, -0.1) is 0 Å². The third-order valence-corrected chi connectivity index (χ3v) is 4.68. The summed E-state index contributed by atoms with van der Waals surface area (Å²) in [6, 6.07) is 15.4. The number of nitrogens with one attached hydrogen (secondary N) is 1. The zero-order valence-corrected chi connectivity index (χ0v) is 17.2. The fraction of sp³-hybridized carbons (Fsp3) is 0.0909. The van der Waals surface area contributed by atoms with E-state index in [2.05, 4.69) is 21.2 Å². The summed E-state index contributed by atoms with van der Waals surface area (Å²) in [6.45, 7) is 0.0806. The first-order valence-corrected chi connectivity index (χ1v) is 9.75. The van der Waals surface area contributed by atoms with Gasteiger partial charge in [0.15, 0.2) is 11.5 Å². The molecule has 0 unspecified atom stereocenters. The molecule has 0 saturated carbocycles. The van der Waals surface area contributed by atoms with E-state index in [4.69, 9.17) is 18.6 Å². The van der Waals surface area contributed by atoms with E-state index in [1.54, 1.807) is 54.6 Å². The molecular weight excluding hydrogens is 454 g/mol. The predicted molar refractivity (Wildman–Crippen MR) is 111 cm³/mol. The molecule has 2 aromatic carbocycles. The van der Waals surface area contributed by atoms with E-state index in [1.165, 1.54) is 12.3 Å². The zero-order chi connectivity index (χ0) is 20.9. The predicted octanol–water partition coefficient (Wildman–Crippen LogP) is 4.29. The Labute approximate surface area is 180 Å². The van der Waals surface area contributed by atoms with Crippen LogP contribution in [-0.2, 0) is 16.1 Å². The van der Waals surface area contributed by atoms with Crippen molar-refractivity contribution in [1.29, 1.82) is 0 Å². The lowest BCUT2D eigenvalue weighted by Gasteiger charge is -2.10. The molecule has 3 aromatic rings. The highest BCUT2D eigenvalue weighted by molar-refractivity contribution is 9.10. The van der Waals surface area contributed by atoms with Gasteiger partial charge in [0.25, 0.3) is 5.91 Å². The highest BCUT2D eigenvalue weighted by Gasteiger charge is 2.18. The minimum Gasteiger partial charge on any atom is -0.466 e. The van der Waals surface area contributed by atoms with E-state index in [1.807, 2.05) is 0 Å². The van der Waals surface area contributed by atoms with Crippen LogP contribution in [0.5, 0.6) is 11.5 Å². The second-order valence-corrected chi connectivity index (χ2v) is 7.21. The molecule has 0 spiro atoms. The molecule has 0 aliphatic carbocycles. The molecule has 0 radical (unpaired) electrons. The summed E-state index contributed by atoms with van der Waals surface area (Å²) in [5, 5.41) is 2.63. The molecule has 0 saturated heterocycles. The van der Waals surface area contributed by atoms with E-state index in [9.17, 15) is 9.59 Å². The maximum Gasteiger partial charge on any atom is 0.355 e. The van der Waals surface area contributed by atoms with Crippen LogP contribution in [0.3, 0.4) is 0 Å². The van der Waals surface area contributed by atoms with Crippen molar-refractivity contribution in [3.05, 3.63) is 87.9 Å². The summed E-state index contributed by atoms with van der Waals surface area (Å²) in [7, 11) is 0.